The van der Waals surface area contributed by atoms with Gasteiger partial charge in [-0.2, -0.15) is 5.26 Å². The topological polar surface area (TPSA) is 119 Å². The lowest BCUT2D eigenvalue weighted by Gasteiger charge is -2.38. The van der Waals surface area contributed by atoms with Crippen LogP contribution in [0.5, 0.6) is 5.75 Å². The van der Waals surface area contributed by atoms with Crippen LogP contribution in [0, 0.1) is 18.3 Å². The molecule has 0 aliphatic carbocycles. The molecule has 4 aromatic heterocycles. The first-order valence-corrected chi connectivity index (χ1v) is 13.2. The summed E-state index contributed by atoms with van der Waals surface area (Å²) < 4.78 is 5.59. The summed E-state index contributed by atoms with van der Waals surface area (Å²) in [5, 5.41) is 10.0. The Morgan fingerprint density at radius 3 is 2.49 bits per heavy atom. The molecule has 1 aliphatic rings. The third-order valence-electron chi connectivity index (χ3n) is 7.66. The fraction of sp³-hybridized carbons (Fsp3) is 0.300. The number of aromatic amines is 2. The number of nitrogens with zero attached hydrogens (tertiary/aromatic N) is 6. The molecule has 9 nitrogen and oxygen atoms in total. The van der Waals surface area contributed by atoms with Crippen molar-refractivity contribution in [1.82, 2.24) is 29.9 Å². The van der Waals surface area contributed by atoms with Gasteiger partial charge in [-0.1, -0.05) is 6.92 Å². The van der Waals surface area contributed by atoms with Crippen LogP contribution < -0.4 is 9.64 Å². The Labute approximate surface area is 226 Å². The van der Waals surface area contributed by atoms with E-state index in [0.717, 1.165) is 82.6 Å². The van der Waals surface area contributed by atoms with Crippen LogP contribution in [0.25, 0.3) is 33.5 Å². The van der Waals surface area contributed by atoms with Gasteiger partial charge in [-0.05, 0) is 69.2 Å². The predicted molar refractivity (Wildman–Crippen MR) is 151 cm³/mol. The average molecular weight is 519 g/mol. The van der Waals surface area contributed by atoms with E-state index in [1.807, 2.05) is 25.1 Å². The zero-order chi connectivity index (χ0) is 27.0. The Morgan fingerprint density at radius 1 is 1.03 bits per heavy atom. The van der Waals surface area contributed by atoms with Crippen LogP contribution in [0.15, 0.2) is 55.0 Å². The maximum Gasteiger partial charge on any atom is 0.143 e. The van der Waals surface area contributed by atoms with Crippen molar-refractivity contribution in [2.75, 3.05) is 24.6 Å². The summed E-state index contributed by atoms with van der Waals surface area (Å²) in [7, 11) is 0. The number of nitriles is 1. The van der Waals surface area contributed by atoms with Crippen LogP contribution in [0.3, 0.4) is 0 Å². The fourth-order valence-corrected chi connectivity index (χ4v) is 5.31. The van der Waals surface area contributed by atoms with Gasteiger partial charge in [-0.15, -0.1) is 0 Å². The molecule has 0 saturated carbocycles. The standard InChI is InChI=1S/C30H30N8O/c1-4-39-23-9-6-20(7-10-23)26-19(2)35-29(37-26)30(3)11-13-38(14-12-30)28-24-15-25(36-27(24)33-18-34-28)21-5-8-22(16-31)32-17-21/h5-10,15,17-18H,4,11-14H2,1-3H3,(H,35,37)(H,33,34,36). The second-order valence-electron chi connectivity index (χ2n) is 10.3. The largest absolute Gasteiger partial charge is 0.494 e. The third kappa shape index (κ3) is 4.59. The number of hydrogen-bond donors (Lipinski definition) is 2. The zero-order valence-electron chi connectivity index (χ0n) is 22.3. The monoisotopic (exact) mass is 518 g/mol. The molecule has 196 valence electrons. The summed E-state index contributed by atoms with van der Waals surface area (Å²) >= 11 is 0. The molecule has 9 heteroatoms. The Bertz CT molecular complexity index is 1650. The molecule has 1 aliphatic heterocycles. The van der Waals surface area contributed by atoms with E-state index < -0.39 is 0 Å². The van der Waals surface area contributed by atoms with Gasteiger partial charge in [-0.25, -0.2) is 19.9 Å². The van der Waals surface area contributed by atoms with E-state index >= 15 is 0 Å². The number of anilines is 1. The molecule has 0 atom stereocenters. The van der Waals surface area contributed by atoms with E-state index in [1.54, 1.807) is 18.6 Å². The lowest BCUT2D eigenvalue weighted by Crippen LogP contribution is -2.42. The molecular weight excluding hydrogens is 488 g/mol. The molecule has 6 rings (SSSR count). The van der Waals surface area contributed by atoms with Gasteiger partial charge in [0.05, 0.1) is 17.7 Å². The number of pyridine rings is 1. The van der Waals surface area contributed by atoms with Crippen molar-refractivity contribution in [2.24, 2.45) is 0 Å². The van der Waals surface area contributed by atoms with Crippen molar-refractivity contribution in [3.63, 3.8) is 0 Å². The number of imidazole rings is 1. The number of H-pyrrole nitrogens is 2. The second kappa shape index (κ2) is 9.87. The average Bonchev–Trinajstić information content (AvgIpc) is 3.58. The van der Waals surface area contributed by atoms with Gasteiger partial charge in [0.1, 0.15) is 41.1 Å². The Kier molecular flexibility index (Phi) is 6.23. The van der Waals surface area contributed by atoms with Crippen LogP contribution in [-0.2, 0) is 5.41 Å². The second-order valence-corrected chi connectivity index (χ2v) is 10.3. The summed E-state index contributed by atoms with van der Waals surface area (Å²) in [6, 6.07) is 15.9. The van der Waals surface area contributed by atoms with Crippen molar-refractivity contribution in [3.05, 3.63) is 72.2 Å². The molecule has 0 bridgehead atoms. The van der Waals surface area contributed by atoms with Crippen LogP contribution in [0.4, 0.5) is 5.82 Å². The molecule has 0 amide bonds. The van der Waals surface area contributed by atoms with E-state index in [4.69, 9.17) is 15.0 Å². The van der Waals surface area contributed by atoms with Crippen LogP contribution in [0.1, 0.15) is 43.9 Å². The number of piperidine rings is 1. The number of aryl methyl sites for hydroxylation is 1. The van der Waals surface area contributed by atoms with Crippen LogP contribution in [-0.4, -0.2) is 49.6 Å². The van der Waals surface area contributed by atoms with Gasteiger partial charge in [0.25, 0.3) is 0 Å². The van der Waals surface area contributed by atoms with Gasteiger partial charge < -0.3 is 19.6 Å². The number of fused-ring (bicyclic) bond motifs is 1. The minimum absolute atomic E-state index is 0.0611. The van der Waals surface area contributed by atoms with Crippen LogP contribution >= 0.6 is 0 Å². The number of rotatable bonds is 6. The van der Waals surface area contributed by atoms with E-state index in [9.17, 15) is 0 Å². The van der Waals surface area contributed by atoms with Crippen LogP contribution in [0.2, 0.25) is 0 Å². The Hall–Kier alpha value is -4.71. The van der Waals surface area contributed by atoms with Gasteiger partial charge in [-0.3, -0.25) is 0 Å². The van der Waals surface area contributed by atoms with Gasteiger partial charge in [0.15, 0.2) is 0 Å². The number of benzene rings is 1. The molecule has 2 N–H and O–H groups in total. The third-order valence-corrected chi connectivity index (χ3v) is 7.66. The Morgan fingerprint density at radius 2 is 1.79 bits per heavy atom. The highest BCUT2D eigenvalue weighted by Crippen LogP contribution is 2.38. The molecular formula is C30H30N8O. The quantitative estimate of drug-likeness (QED) is 0.303. The summed E-state index contributed by atoms with van der Waals surface area (Å²) in [6.07, 6.45) is 5.22. The van der Waals surface area contributed by atoms with E-state index in [2.05, 4.69) is 67.9 Å². The van der Waals surface area contributed by atoms with Crippen molar-refractivity contribution >= 4 is 16.9 Å². The lowest BCUT2D eigenvalue weighted by molar-refractivity contribution is 0.340. The Balaban J connectivity index is 1.21. The minimum atomic E-state index is -0.0611. The first-order valence-electron chi connectivity index (χ1n) is 13.2. The van der Waals surface area contributed by atoms with Crippen molar-refractivity contribution in [3.8, 4) is 34.3 Å². The molecule has 39 heavy (non-hydrogen) atoms. The molecule has 0 radical (unpaired) electrons. The number of nitrogens with one attached hydrogen (secondary N) is 2. The van der Waals surface area contributed by atoms with Gasteiger partial charge in [0.2, 0.25) is 0 Å². The van der Waals surface area contributed by atoms with Gasteiger partial charge in [0, 0.05) is 47.2 Å². The number of aromatic nitrogens is 6. The molecule has 1 aromatic carbocycles. The summed E-state index contributed by atoms with van der Waals surface area (Å²) in [5.74, 6) is 2.83. The zero-order valence-corrected chi connectivity index (χ0v) is 22.3. The normalized spacial score (nSPS) is 14.9. The first kappa shape index (κ1) is 24.6. The molecule has 1 saturated heterocycles. The summed E-state index contributed by atoms with van der Waals surface area (Å²) in [4.78, 5) is 27.7. The van der Waals surface area contributed by atoms with Crippen molar-refractivity contribution < 1.29 is 4.74 Å². The smallest absolute Gasteiger partial charge is 0.143 e. The SMILES string of the molecule is CCOc1ccc(-c2nc(C3(C)CCN(c4ncnc5[nH]c(-c6ccc(C#N)nc6)cc45)CC3)[nH]c2C)cc1. The highest BCUT2D eigenvalue weighted by Gasteiger charge is 2.36. The van der Waals surface area contributed by atoms with E-state index in [1.165, 1.54) is 0 Å². The van der Waals surface area contributed by atoms with Crippen molar-refractivity contribution in [1.29, 1.82) is 5.26 Å². The maximum absolute atomic E-state index is 9.04. The van der Waals surface area contributed by atoms with E-state index in [-0.39, 0.29) is 5.41 Å². The number of ether oxygens (including phenoxy) is 1. The first-order chi connectivity index (χ1) is 19.0. The maximum atomic E-state index is 9.04. The highest BCUT2D eigenvalue weighted by atomic mass is 16.5. The molecule has 5 heterocycles. The lowest BCUT2D eigenvalue weighted by atomic mass is 9.79. The summed E-state index contributed by atoms with van der Waals surface area (Å²) in [5.41, 5.74) is 6.08. The molecule has 0 unspecified atom stereocenters. The molecule has 0 spiro atoms. The minimum Gasteiger partial charge on any atom is -0.494 e. The predicted octanol–water partition coefficient (Wildman–Crippen LogP) is 5.55. The molecule has 1 fully saturated rings. The summed E-state index contributed by atoms with van der Waals surface area (Å²) in [6.45, 7) is 8.75. The van der Waals surface area contributed by atoms with Gasteiger partial charge >= 0.3 is 0 Å². The van der Waals surface area contributed by atoms with Crippen molar-refractivity contribution in [2.45, 2.75) is 39.0 Å². The van der Waals surface area contributed by atoms with E-state index in [0.29, 0.717) is 12.3 Å². The number of hydrogen-bond acceptors (Lipinski definition) is 7. The molecule has 5 aromatic rings. The highest BCUT2D eigenvalue weighted by molar-refractivity contribution is 5.91. The fourth-order valence-electron chi connectivity index (χ4n) is 5.31.